The van der Waals surface area contributed by atoms with Crippen LogP contribution in [-0.4, -0.2) is 20.2 Å². The molecule has 100 valence electrons. The fraction of sp³-hybridized carbons (Fsp3) is 0.133. The first kappa shape index (κ1) is 12.3. The van der Waals surface area contributed by atoms with E-state index in [0.29, 0.717) is 17.3 Å². The SMILES string of the molecule is Cc1ccc(O)c(-c2nc(-c3ccncc3C)no2)c1. The van der Waals surface area contributed by atoms with Crippen molar-refractivity contribution in [1.29, 1.82) is 0 Å². The first-order chi connectivity index (χ1) is 9.65. The lowest BCUT2D eigenvalue weighted by atomic mass is 10.1. The number of nitrogens with zero attached hydrogens (tertiary/aromatic N) is 3. The number of phenolic OH excluding ortho intramolecular Hbond substituents is 1. The highest BCUT2D eigenvalue weighted by Crippen LogP contribution is 2.30. The Balaban J connectivity index is 2.07. The Morgan fingerprint density at radius 1 is 1.10 bits per heavy atom. The van der Waals surface area contributed by atoms with Crippen molar-refractivity contribution in [1.82, 2.24) is 15.1 Å². The first-order valence-electron chi connectivity index (χ1n) is 6.20. The molecule has 0 unspecified atom stereocenters. The molecule has 0 saturated carbocycles. The van der Waals surface area contributed by atoms with Crippen LogP contribution in [0.15, 0.2) is 41.2 Å². The van der Waals surface area contributed by atoms with Gasteiger partial charge in [0.1, 0.15) is 5.75 Å². The van der Waals surface area contributed by atoms with Crippen molar-refractivity contribution in [3.05, 3.63) is 47.8 Å². The molecule has 0 saturated heterocycles. The zero-order valence-electron chi connectivity index (χ0n) is 11.2. The van der Waals surface area contributed by atoms with Crippen LogP contribution in [0.3, 0.4) is 0 Å². The summed E-state index contributed by atoms with van der Waals surface area (Å²) < 4.78 is 5.25. The Labute approximate surface area is 115 Å². The molecule has 2 aromatic heterocycles. The van der Waals surface area contributed by atoms with Crippen LogP contribution < -0.4 is 0 Å². The second-order valence-electron chi connectivity index (χ2n) is 4.63. The van der Waals surface area contributed by atoms with Gasteiger partial charge in [-0.25, -0.2) is 0 Å². The molecule has 0 atom stereocenters. The maximum absolute atomic E-state index is 9.89. The van der Waals surface area contributed by atoms with Crippen LogP contribution in [0.25, 0.3) is 22.8 Å². The summed E-state index contributed by atoms with van der Waals surface area (Å²) in [6, 6.07) is 7.08. The normalized spacial score (nSPS) is 10.7. The quantitative estimate of drug-likeness (QED) is 0.772. The zero-order chi connectivity index (χ0) is 14.1. The minimum absolute atomic E-state index is 0.122. The predicted molar refractivity (Wildman–Crippen MR) is 74.1 cm³/mol. The number of aromatic nitrogens is 3. The second-order valence-corrected chi connectivity index (χ2v) is 4.63. The van der Waals surface area contributed by atoms with E-state index in [1.807, 2.05) is 32.0 Å². The molecule has 0 bridgehead atoms. The topological polar surface area (TPSA) is 72.0 Å². The van der Waals surface area contributed by atoms with Gasteiger partial charge in [0, 0.05) is 18.0 Å². The number of aryl methyl sites for hydroxylation is 2. The predicted octanol–water partition coefficient (Wildman–Crippen LogP) is 3.12. The Bertz CT molecular complexity index is 765. The van der Waals surface area contributed by atoms with E-state index in [9.17, 15) is 5.11 Å². The summed E-state index contributed by atoms with van der Waals surface area (Å²) in [6.45, 7) is 3.87. The minimum atomic E-state index is 0.122. The van der Waals surface area contributed by atoms with Crippen molar-refractivity contribution in [2.24, 2.45) is 0 Å². The van der Waals surface area contributed by atoms with Crippen molar-refractivity contribution in [2.75, 3.05) is 0 Å². The molecule has 0 aliphatic rings. The van der Waals surface area contributed by atoms with Crippen molar-refractivity contribution in [3.63, 3.8) is 0 Å². The van der Waals surface area contributed by atoms with E-state index in [1.54, 1.807) is 18.5 Å². The van der Waals surface area contributed by atoms with Gasteiger partial charge in [-0.2, -0.15) is 4.98 Å². The van der Waals surface area contributed by atoms with Gasteiger partial charge in [0.25, 0.3) is 5.89 Å². The maximum Gasteiger partial charge on any atom is 0.262 e. The van der Waals surface area contributed by atoms with Gasteiger partial charge >= 0.3 is 0 Å². The molecule has 3 aromatic rings. The third-order valence-electron chi connectivity index (χ3n) is 3.07. The highest BCUT2D eigenvalue weighted by atomic mass is 16.5. The Hall–Kier alpha value is -2.69. The number of rotatable bonds is 2. The number of phenols is 1. The Morgan fingerprint density at radius 2 is 1.95 bits per heavy atom. The van der Waals surface area contributed by atoms with Gasteiger partial charge in [-0.3, -0.25) is 4.98 Å². The number of aromatic hydroxyl groups is 1. The van der Waals surface area contributed by atoms with E-state index in [4.69, 9.17) is 4.52 Å². The lowest BCUT2D eigenvalue weighted by Gasteiger charge is -2.00. The average molecular weight is 267 g/mol. The molecule has 5 heteroatoms. The summed E-state index contributed by atoms with van der Waals surface area (Å²) in [7, 11) is 0. The average Bonchev–Trinajstić information content (AvgIpc) is 2.91. The second kappa shape index (κ2) is 4.77. The van der Waals surface area contributed by atoms with Gasteiger partial charge < -0.3 is 9.63 Å². The molecule has 2 heterocycles. The Morgan fingerprint density at radius 3 is 2.75 bits per heavy atom. The van der Waals surface area contributed by atoms with Crippen LogP contribution >= 0.6 is 0 Å². The van der Waals surface area contributed by atoms with Gasteiger partial charge in [0.2, 0.25) is 5.82 Å². The number of hydrogen-bond donors (Lipinski definition) is 1. The van der Waals surface area contributed by atoms with Gasteiger partial charge in [0.05, 0.1) is 5.56 Å². The lowest BCUT2D eigenvalue weighted by Crippen LogP contribution is -1.87. The van der Waals surface area contributed by atoms with Crippen LogP contribution in [0.4, 0.5) is 0 Å². The van der Waals surface area contributed by atoms with Crippen LogP contribution in [0.5, 0.6) is 5.75 Å². The van der Waals surface area contributed by atoms with Crippen molar-refractivity contribution >= 4 is 0 Å². The molecule has 0 aliphatic carbocycles. The lowest BCUT2D eigenvalue weighted by molar-refractivity contribution is 0.425. The van der Waals surface area contributed by atoms with Gasteiger partial charge in [-0.1, -0.05) is 16.8 Å². The van der Waals surface area contributed by atoms with E-state index in [0.717, 1.165) is 16.7 Å². The summed E-state index contributed by atoms with van der Waals surface area (Å²) >= 11 is 0. The fourth-order valence-corrected chi connectivity index (χ4v) is 1.99. The van der Waals surface area contributed by atoms with Gasteiger partial charge in [-0.05, 0) is 37.6 Å². The molecule has 5 nitrogen and oxygen atoms in total. The summed E-state index contributed by atoms with van der Waals surface area (Å²) in [5.74, 6) is 0.912. The van der Waals surface area contributed by atoms with E-state index in [-0.39, 0.29) is 5.75 Å². The smallest absolute Gasteiger partial charge is 0.262 e. The monoisotopic (exact) mass is 267 g/mol. The number of pyridine rings is 1. The molecular weight excluding hydrogens is 254 g/mol. The Kier molecular flexibility index (Phi) is 2.95. The number of benzene rings is 1. The summed E-state index contributed by atoms with van der Waals surface area (Å²) in [5.41, 5.74) is 3.38. The van der Waals surface area contributed by atoms with Crippen molar-refractivity contribution in [3.8, 4) is 28.6 Å². The maximum atomic E-state index is 9.89. The minimum Gasteiger partial charge on any atom is -0.507 e. The van der Waals surface area contributed by atoms with Crippen LogP contribution in [-0.2, 0) is 0 Å². The zero-order valence-corrected chi connectivity index (χ0v) is 11.2. The standard InChI is InChI=1S/C15H13N3O2/c1-9-3-4-13(19)12(7-9)15-17-14(18-20-15)11-5-6-16-8-10(11)2/h3-8,19H,1-2H3. The molecule has 0 radical (unpaired) electrons. The summed E-state index contributed by atoms with van der Waals surface area (Å²) in [6.07, 6.45) is 3.43. The third-order valence-corrected chi connectivity index (χ3v) is 3.07. The fourth-order valence-electron chi connectivity index (χ4n) is 1.99. The van der Waals surface area contributed by atoms with E-state index >= 15 is 0 Å². The van der Waals surface area contributed by atoms with Crippen molar-refractivity contribution < 1.29 is 9.63 Å². The summed E-state index contributed by atoms with van der Waals surface area (Å²) in [4.78, 5) is 8.38. The third kappa shape index (κ3) is 2.14. The molecule has 1 N–H and O–H groups in total. The molecule has 20 heavy (non-hydrogen) atoms. The number of hydrogen-bond acceptors (Lipinski definition) is 5. The van der Waals surface area contributed by atoms with Crippen molar-refractivity contribution in [2.45, 2.75) is 13.8 Å². The molecule has 0 amide bonds. The van der Waals surface area contributed by atoms with E-state index < -0.39 is 0 Å². The molecular formula is C15H13N3O2. The molecule has 0 fully saturated rings. The first-order valence-corrected chi connectivity index (χ1v) is 6.20. The largest absolute Gasteiger partial charge is 0.507 e. The van der Waals surface area contributed by atoms with E-state index in [1.165, 1.54) is 0 Å². The van der Waals surface area contributed by atoms with Crippen LogP contribution in [0.2, 0.25) is 0 Å². The highest BCUT2D eigenvalue weighted by Gasteiger charge is 2.15. The molecule has 3 rings (SSSR count). The van der Waals surface area contributed by atoms with Crippen LogP contribution in [0.1, 0.15) is 11.1 Å². The molecule has 1 aromatic carbocycles. The molecule has 0 spiro atoms. The summed E-state index contributed by atoms with van der Waals surface area (Å²) in [5, 5.41) is 13.9. The van der Waals surface area contributed by atoms with Gasteiger partial charge in [-0.15, -0.1) is 0 Å². The van der Waals surface area contributed by atoms with E-state index in [2.05, 4.69) is 15.1 Å². The van der Waals surface area contributed by atoms with Gasteiger partial charge in [0.15, 0.2) is 0 Å². The highest BCUT2D eigenvalue weighted by molar-refractivity contribution is 5.66. The van der Waals surface area contributed by atoms with Crippen LogP contribution in [0, 0.1) is 13.8 Å². The molecule has 0 aliphatic heterocycles.